The fraction of sp³-hybridized carbons (Fsp3) is 0.314. The second-order valence-corrected chi connectivity index (χ2v) is 17.0. The van der Waals surface area contributed by atoms with E-state index in [0.29, 0.717) is 84.5 Å². The molecule has 12 nitrogen and oxygen atoms in total. The molecule has 0 N–H and O–H groups in total. The molecule has 2 atom stereocenters. The van der Waals surface area contributed by atoms with Crippen LogP contribution < -0.4 is 28.9 Å². The first-order valence-electron chi connectivity index (χ1n) is 21.8. The number of aliphatic imine (C=N–C) groups is 2. The molecule has 4 aliphatic rings. The van der Waals surface area contributed by atoms with E-state index >= 15 is 0 Å². The summed E-state index contributed by atoms with van der Waals surface area (Å²) in [5.74, 6) is 2.19. The van der Waals surface area contributed by atoms with Crippen molar-refractivity contribution in [2.24, 2.45) is 9.98 Å². The molecule has 0 aromatic heterocycles. The van der Waals surface area contributed by atoms with E-state index in [-0.39, 0.29) is 42.9 Å². The van der Waals surface area contributed by atoms with Crippen LogP contribution in [-0.2, 0) is 35.6 Å². The molecule has 0 radical (unpaired) electrons. The van der Waals surface area contributed by atoms with Crippen molar-refractivity contribution < 1.29 is 33.3 Å². The number of ketones is 1. The maximum absolute atomic E-state index is 14.0. The number of aryl methyl sites for hydroxylation is 1. The van der Waals surface area contributed by atoms with Crippen molar-refractivity contribution in [2.75, 3.05) is 54.4 Å². The molecule has 0 unspecified atom stereocenters. The van der Waals surface area contributed by atoms with Crippen LogP contribution in [0.25, 0.3) is 0 Å². The van der Waals surface area contributed by atoms with Crippen molar-refractivity contribution >= 4 is 71.1 Å². The predicted molar refractivity (Wildman–Crippen MR) is 254 cm³/mol. The Morgan fingerprint density at radius 2 is 1.31 bits per heavy atom. The largest absolute Gasteiger partial charge is 0.493 e. The van der Waals surface area contributed by atoms with Crippen molar-refractivity contribution in [1.29, 1.82) is 0 Å². The van der Waals surface area contributed by atoms with Gasteiger partial charge in [-0.3, -0.25) is 34.2 Å². The van der Waals surface area contributed by atoms with Crippen LogP contribution in [0.3, 0.4) is 0 Å². The Kier molecular flexibility index (Phi) is 12.5. The SMILES string of the molecule is COc1cc2c(cc1OCc1cc(COc3cc4c(cc3C)C(=O)N3c5ccccc5C[C@H]3C=N4)cc(N(C)CCOCCC(=O)CCCS)c1)N=C[C@@H]1Cc3ccccc3N1C2=O. The molecule has 2 amide bonds. The number of hydrogen-bond donors (Lipinski definition) is 1. The maximum Gasteiger partial charge on any atom is 0.261 e. The second kappa shape index (κ2) is 18.7. The molecule has 64 heavy (non-hydrogen) atoms. The van der Waals surface area contributed by atoms with Crippen molar-refractivity contribution in [2.45, 2.75) is 64.3 Å². The fourth-order valence-corrected chi connectivity index (χ4v) is 9.02. The van der Waals surface area contributed by atoms with E-state index in [1.165, 1.54) is 0 Å². The highest BCUT2D eigenvalue weighted by atomic mass is 32.1. The number of Topliss-reactive ketones (excluding diaryl/α,β-unsaturated/α-hetero) is 1. The number of thiol groups is 1. The molecule has 5 aromatic rings. The van der Waals surface area contributed by atoms with Crippen molar-refractivity contribution in [3.8, 4) is 17.2 Å². The van der Waals surface area contributed by atoms with Gasteiger partial charge < -0.3 is 23.8 Å². The first-order chi connectivity index (χ1) is 31.2. The molecule has 0 spiro atoms. The summed E-state index contributed by atoms with van der Waals surface area (Å²) in [4.78, 5) is 55.5. The van der Waals surface area contributed by atoms with Gasteiger partial charge in [-0.25, -0.2) is 0 Å². The smallest absolute Gasteiger partial charge is 0.261 e. The zero-order valence-electron chi connectivity index (χ0n) is 36.3. The summed E-state index contributed by atoms with van der Waals surface area (Å²) in [7, 11) is 3.56. The molecule has 328 valence electrons. The highest BCUT2D eigenvalue weighted by molar-refractivity contribution is 7.80. The predicted octanol–water partition coefficient (Wildman–Crippen LogP) is 8.86. The van der Waals surface area contributed by atoms with Gasteiger partial charge >= 0.3 is 0 Å². The van der Waals surface area contributed by atoms with Crippen LogP contribution in [0.4, 0.5) is 28.4 Å². The van der Waals surface area contributed by atoms with E-state index < -0.39 is 0 Å². The van der Waals surface area contributed by atoms with Gasteiger partial charge in [-0.05, 0) is 89.4 Å². The molecule has 0 fully saturated rings. The van der Waals surface area contributed by atoms with Crippen LogP contribution in [0.1, 0.15) is 67.8 Å². The third-order valence-electron chi connectivity index (χ3n) is 12.2. The lowest BCUT2D eigenvalue weighted by Gasteiger charge is -2.23. The standard InChI is InChI=1S/C51H51N5O7S/c1-32-19-41-43(52-28-38-23-35-9-4-6-12-45(35)55(38)50(41)58)26-47(32)62-30-33-20-34(22-37(21-33)54(2)15-17-61-16-14-40(57)11-8-18-64)31-63-49-27-44-42(25-48(49)60-3)51(59)56-39(29-53-44)24-36-10-5-7-13-46(36)56/h4-7,9-10,12-13,19-22,25-29,38-39,64H,8,11,14-18,23-24,30-31H2,1-3H3/t38-,39-/m0/s1. The average molecular weight is 878 g/mol. The van der Waals surface area contributed by atoms with Crippen molar-refractivity contribution in [3.63, 3.8) is 0 Å². The van der Waals surface area contributed by atoms with Gasteiger partial charge in [0.25, 0.3) is 11.8 Å². The fourth-order valence-electron chi connectivity index (χ4n) is 8.86. The first-order valence-corrected chi connectivity index (χ1v) is 22.4. The van der Waals surface area contributed by atoms with E-state index in [1.807, 2.05) is 90.8 Å². The Morgan fingerprint density at radius 3 is 1.92 bits per heavy atom. The zero-order chi connectivity index (χ0) is 44.3. The summed E-state index contributed by atoms with van der Waals surface area (Å²) in [6.07, 6.45) is 6.81. The highest BCUT2D eigenvalue weighted by Crippen LogP contribution is 2.42. The highest BCUT2D eigenvalue weighted by Gasteiger charge is 2.38. The number of para-hydroxylation sites is 2. The number of carbonyl (C=O) groups excluding carboxylic acids is 3. The number of methoxy groups -OCH3 is 1. The number of anilines is 3. The van der Waals surface area contributed by atoms with Crippen LogP contribution in [0, 0.1) is 6.92 Å². The van der Waals surface area contributed by atoms with Gasteiger partial charge in [0.05, 0.1) is 54.9 Å². The van der Waals surface area contributed by atoms with Gasteiger partial charge in [-0.15, -0.1) is 0 Å². The van der Waals surface area contributed by atoms with E-state index in [0.717, 1.165) is 57.7 Å². The van der Waals surface area contributed by atoms with Crippen molar-refractivity contribution in [3.05, 3.63) is 130 Å². The number of nitrogens with zero attached hydrogens (tertiary/aromatic N) is 5. The average Bonchev–Trinajstić information content (AvgIpc) is 3.80. The molecule has 9 rings (SSSR count). The summed E-state index contributed by atoms with van der Waals surface area (Å²) in [5.41, 5.74) is 9.69. The minimum absolute atomic E-state index is 0.0721. The third kappa shape index (κ3) is 8.74. The van der Waals surface area contributed by atoms with Crippen LogP contribution >= 0.6 is 12.6 Å². The summed E-state index contributed by atoms with van der Waals surface area (Å²) >= 11 is 4.21. The normalized spacial score (nSPS) is 16.6. The lowest BCUT2D eigenvalue weighted by atomic mass is 10.1. The van der Waals surface area contributed by atoms with E-state index in [4.69, 9.17) is 28.9 Å². The number of benzene rings is 5. The summed E-state index contributed by atoms with van der Waals surface area (Å²) in [6.45, 7) is 3.76. The van der Waals surface area contributed by atoms with E-state index in [1.54, 1.807) is 19.2 Å². The Balaban J connectivity index is 0.939. The Labute approximate surface area is 378 Å². The number of likely N-dealkylation sites (N-methyl/N-ethyl adjacent to an activating group) is 1. The van der Waals surface area contributed by atoms with Gasteiger partial charge in [0.1, 0.15) is 24.7 Å². The Bertz CT molecular complexity index is 2680. The second-order valence-electron chi connectivity index (χ2n) is 16.6. The quantitative estimate of drug-likeness (QED) is 0.0727. The van der Waals surface area contributed by atoms with Gasteiger partial charge in [0.2, 0.25) is 0 Å². The van der Waals surface area contributed by atoms with Gasteiger partial charge in [-0.2, -0.15) is 12.6 Å². The molecule has 0 aliphatic carbocycles. The Hall–Kier alpha value is -6.44. The minimum atomic E-state index is -0.176. The lowest BCUT2D eigenvalue weighted by molar-refractivity contribution is -0.120. The van der Waals surface area contributed by atoms with Crippen LogP contribution in [0.5, 0.6) is 17.2 Å². The van der Waals surface area contributed by atoms with Crippen LogP contribution in [0.2, 0.25) is 0 Å². The number of hydrogen-bond acceptors (Lipinski definition) is 11. The topological polar surface area (TPSA) is 123 Å². The zero-order valence-corrected chi connectivity index (χ0v) is 37.2. The molecule has 4 heterocycles. The molecule has 0 bridgehead atoms. The molecular formula is C51H51N5O7S. The minimum Gasteiger partial charge on any atom is -0.493 e. The number of ether oxygens (including phenoxy) is 4. The molecular weight excluding hydrogens is 827 g/mol. The van der Waals surface area contributed by atoms with E-state index in [9.17, 15) is 14.4 Å². The number of amides is 2. The monoisotopic (exact) mass is 877 g/mol. The number of carbonyl (C=O) groups is 3. The number of rotatable bonds is 17. The lowest BCUT2D eigenvalue weighted by Crippen LogP contribution is -2.37. The Morgan fingerprint density at radius 1 is 0.734 bits per heavy atom. The molecule has 13 heteroatoms. The van der Waals surface area contributed by atoms with Crippen LogP contribution in [-0.4, -0.2) is 81.8 Å². The third-order valence-corrected chi connectivity index (χ3v) is 12.6. The van der Waals surface area contributed by atoms with Gasteiger partial charge in [-0.1, -0.05) is 36.4 Å². The van der Waals surface area contributed by atoms with Crippen molar-refractivity contribution in [1.82, 2.24) is 0 Å². The molecule has 4 aliphatic heterocycles. The van der Waals surface area contributed by atoms with E-state index in [2.05, 4.69) is 41.8 Å². The van der Waals surface area contributed by atoms with Gasteiger partial charge in [0, 0.05) is 80.9 Å². The summed E-state index contributed by atoms with van der Waals surface area (Å²) in [6, 6.07) is 29.1. The number of fused-ring (bicyclic) bond motifs is 8. The maximum atomic E-state index is 14.0. The summed E-state index contributed by atoms with van der Waals surface area (Å²) < 4.78 is 24.7. The molecule has 0 saturated carbocycles. The van der Waals surface area contributed by atoms with Gasteiger partial charge in [0.15, 0.2) is 11.5 Å². The summed E-state index contributed by atoms with van der Waals surface area (Å²) in [5, 5.41) is 0. The first kappa shape index (κ1) is 42.8. The van der Waals surface area contributed by atoms with Crippen LogP contribution in [0.15, 0.2) is 101 Å². The molecule has 0 saturated heterocycles. The molecule has 5 aromatic carbocycles.